The zero-order valence-electron chi connectivity index (χ0n) is 8.72. The summed E-state index contributed by atoms with van der Waals surface area (Å²) in [4.78, 5) is 1.31. The van der Waals surface area contributed by atoms with E-state index in [9.17, 15) is 0 Å². The van der Waals surface area contributed by atoms with Gasteiger partial charge in [0.1, 0.15) is 0 Å². The predicted octanol–water partition coefficient (Wildman–Crippen LogP) is 5.76. The number of halogens is 2. The van der Waals surface area contributed by atoms with Gasteiger partial charge in [-0.25, -0.2) is 0 Å². The summed E-state index contributed by atoms with van der Waals surface area (Å²) in [5.41, 5.74) is 0. The van der Waals surface area contributed by atoms with E-state index in [-0.39, 0.29) is 5.38 Å². The molecule has 1 saturated carbocycles. The van der Waals surface area contributed by atoms with Crippen LogP contribution in [0.3, 0.4) is 0 Å². The van der Waals surface area contributed by atoms with Crippen LogP contribution in [0.2, 0.25) is 0 Å². The van der Waals surface area contributed by atoms with Crippen molar-refractivity contribution < 1.29 is 0 Å². The van der Waals surface area contributed by atoms with Gasteiger partial charge in [0.05, 0.1) is 9.16 Å². The van der Waals surface area contributed by atoms with Crippen LogP contribution in [0.1, 0.15) is 48.8 Å². The standard InChI is InChI=1S/C12H16BrClS/c13-12-8-7-11(15-12)10(14)6-5-9-3-1-2-4-9/h7-10H,1-6H2. The maximum absolute atomic E-state index is 6.39. The van der Waals surface area contributed by atoms with E-state index in [1.807, 2.05) is 0 Å². The zero-order valence-corrected chi connectivity index (χ0v) is 11.9. The molecule has 1 aliphatic carbocycles. The van der Waals surface area contributed by atoms with Gasteiger partial charge in [-0.2, -0.15) is 0 Å². The van der Waals surface area contributed by atoms with Crippen molar-refractivity contribution in [3.8, 4) is 0 Å². The van der Waals surface area contributed by atoms with Crippen LogP contribution in [0.5, 0.6) is 0 Å². The Labute approximate surface area is 109 Å². The van der Waals surface area contributed by atoms with E-state index < -0.39 is 0 Å². The number of alkyl halides is 1. The van der Waals surface area contributed by atoms with E-state index >= 15 is 0 Å². The Hall–Kier alpha value is 0.470. The summed E-state index contributed by atoms with van der Waals surface area (Å²) in [5.74, 6) is 0.953. The molecule has 0 radical (unpaired) electrons. The van der Waals surface area contributed by atoms with Crippen LogP contribution < -0.4 is 0 Å². The van der Waals surface area contributed by atoms with Crippen molar-refractivity contribution in [3.05, 3.63) is 20.8 Å². The Morgan fingerprint density at radius 2 is 2.13 bits per heavy atom. The molecule has 15 heavy (non-hydrogen) atoms. The Bertz CT molecular complexity index is 304. The minimum absolute atomic E-state index is 0.224. The Kier molecular flexibility index (Phi) is 4.53. The second kappa shape index (κ2) is 5.70. The summed E-state index contributed by atoms with van der Waals surface area (Å²) in [5, 5.41) is 0.224. The third kappa shape index (κ3) is 3.47. The zero-order chi connectivity index (χ0) is 10.7. The van der Waals surface area contributed by atoms with Crippen LogP contribution in [0.15, 0.2) is 15.9 Å². The minimum Gasteiger partial charge on any atom is -0.132 e. The summed E-state index contributed by atoms with van der Waals surface area (Å²) < 4.78 is 1.18. The fourth-order valence-electron chi connectivity index (χ4n) is 2.32. The van der Waals surface area contributed by atoms with E-state index in [4.69, 9.17) is 11.6 Å². The number of rotatable bonds is 4. The molecule has 0 spiro atoms. The van der Waals surface area contributed by atoms with Gasteiger partial charge in [-0.15, -0.1) is 22.9 Å². The molecule has 3 heteroatoms. The second-order valence-electron chi connectivity index (χ2n) is 4.34. The highest BCUT2D eigenvalue weighted by Crippen LogP contribution is 2.37. The van der Waals surface area contributed by atoms with E-state index in [0.717, 1.165) is 12.3 Å². The molecule has 84 valence electrons. The molecule has 1 heterocycles. The molecule has 0 N–H and O–H groups in total. The molecule has 1 unspecified atom stereocenters. The van der Waals surface area contributed by atoms with Gasteiger partial charge in [-0.05, 0) is 46.8 Å². The molecular formula is C12H16BrClS. The quantitative estimate of drug-likeness (QED) is 0.620. The van der Waals surface area contributed by atoms with Gasteiger partial charge >= 0.3 is 0 Å². The van der Waals surface area contributed by atoms with Crippen molar-refractivity contribution in [2.24, 2.45) is 5.92 Å². The average molecular weight is 308 g/mol. The lowest BCUT2D eigenvalue weighted by Gasteiger charge is -2.11. The first kappa shape index (κ1) is 11.9. The smallest absolute Gasteiger partial charge is 0.0701 e. The molecule has 1 fully saturated rings. The molecule has 0 aliphatic heterocycles. The predicted molar refractivity (Wildman–Crippen MR) is 71.8 cm³/mol. The lowest BCUT2D eigenvalue weighted by Crippen LogP contribution is -1.96. The highest BCUT2D eigenvalue weighted by molar-refractivity contribution is 9.11. The highest BCUT2D eigenvalue weighted by Gasteiger charge is 2.17. The summed E-state index contributed by atoms with van der Waals surface area (Å²) in [6, 6.07) is 4.23. The number of thiophene rings is 1. The average Bonchev–Trinajstić information content (AvgIpc) is 2.84. The van der Waals surface area contributed by atoms with Crippen molar-refractivity contribution in [2.75, 3.05) is 0 Å². The van der Waals surface area contributed by atoms with Gasteiger partial charge in [-0.1, -0.05) is 25.7 Å². The van der Waals surface area contributed by atoms with Crippen molar-refractivity contribution in [3.63, 3.8) is 0 Å². The fraction of sp³-hybridized carbons (Fsp3) is 0.667. The third-order valence-electron chi connectivity index (χ3n) is 3.21. The van der Waals surface area contributed by atoms with Crippen LogP contribution in [-0.4, -0.2) is 0 Å². The lowest BCUT2D eigenvalue weighted by molar-refractivity contribution is 0.481. The second-order valence-corrected chi connectivity index (χ2v) is 7.36. The molecule has 2 rings (SSSR count). The van der Waals surface area contributed by atoms with Crippen molar-refractivity contribution in [1.82, 2.24) is 0 Å². The minimum atomic E-state index is 0.224. The molecule has 0 saturated heterocycles. The van der Waals surface area contributed by atoms with Gasteiger partial charge in [0.25, 0.3) is 0 Å². The molecule has 0 nitrogen and oxygen atoms in total. The van der Waals surface area contributed by atoms with Crippen LogP contribution in [-0.2, 0) is 0 Å². The van der Waals surface area contributed by atoms with Gasteiger partial charge in [0.15, 0.2) is 0 Å². The maximum atomic E-state index is 6.39. The van der Waals surface area contributed by atoms with E-state index in [0.29, 0.717) is 0 Å². The van der Waals surface area contributed by atoms with Crippen molar-refractivity contribution >= 4 is 38.9 Å². The first-order valence-electron chi connectivity index (χ1n) is 5.65. The molecule has 0 bridgehead atoms. The van der Waals surface area contributed by atoms with Crippen molar-refractivity contribution in [2.45, 2.75) is 43.9 Å². The first-order valence-corrected chi connectivity index (χ1v) is 7.69. The van der Waals surface area contributed by atoms with Crippen LogP contribution in [0.4, 0.5) is 0 Å². The summed E-state index contributed by atoms with van der Waals surface area (Å²) in [6.45, 7) is 0. The molecule has 1 aromatic rings. The number of hydrogen-bond donors (Lipinski definition) is 0. The molecular weight excluding hydrogens is 292 g/mol. The van der Waals surface area contributed by atoms with Crippen LogP contribution >= 0.6 is 38.9 Å². The molecule has 0 amide bonds. The fourth-order valence-corrected chi connectivity index (χ4v) is 4.09. The summed E-state index contributed by atoms with van der Waals surface area (Å²) in [7, 11) is 0. The molecule has 1 aliphatic rings. The highest BCUT2D eigenvalue weighted by atomic mass is 79.9. The molecule has 1 aromatic heterocycles. The molecule has 1 atom stereocenters. The van der Waals surface area contributed by atoms with E-state index in [2.05, 4.69) is 28.1 Å². The third-order valence-corrected chi connectivity index (χ3v) is 5.53. The Morgan fingerprint density at radius 3 is 2.73 bits per heavy atom. The largest absolute Gasteiger partial charge is 0.132 e. The maximum Gasteiger partial charge on any atom is 0.0701 e. The van der Waals surface area contributed by atoms with Gasteiger partial charge in [0, 0.05) is 4.88 Å². The van der Waals surface area contributed by atoms with E-state index in [1.54, 1.807) is 11.3 Å². The SMILES string of the molecule is ClC(CCC1CCCC1)c1ccc(Br)s1. The lowest BCUT2D eigenvalue weighted by atomic mass is 10.0. The van der Waals surface area contributed by atoms with Gasteiger partial charge < -0.3 is 0 Å². The van der Waals surface area contributed by atoms with Gasteiger partial charge in [-0.3, -0.25) is 0 Å². The first-order chi connectivity index (χ1) is 7.25. The monoisotopic (exact) mass is 306 g/mol. The van der Waals surface area contributed by atoms with Crippen LogP contribution in [0.25, 0.3) is 0 Å². The van der Waals surface area contributed by atoms with Crippen molar-refractivity contribution in [1.29, 1.82) is 0 Å². The van der Waals surface area contributed by atoms with Crippen LogP contribution in [0, 0.1) is 5.92 Å². The summed E-state index contributed by atoms with van der Waals surface area (Å²) >= 11 is 11.6. The Morgan fingerprint density at radius 1 is 1.40 bits per heavy atom. The topological polar surface area (TPSA) is 0 Å². The van der Waals surface area contributed by atoms with E-state index in [1.165, 1.54) is 40.8 Å². The number of hydrogen-bond acceptors (Lipinski definition) is 1. The normalized spacial score (nSPS) is 19.6. The Balaban J connectivity index is 1.79. The summed E-state index contributed by atoms with van der Waals surface area (Å²) in [6.07, 6.45) is 8.17. The molecule has 0 aromatic carbocycles. The van der Waals surface area contributed by atoms with Gasteiger partial charge in [0.2, 0.25) is 0 Å².